The lowest BCUT2D eigenvalue weighted by atomic mass is 9.98. The van der Waals surface area contributed by atoms with Gasteiger partial charge in [0.05, 0.1) is 6.10 Å². The Kier molecular flexibility index (Phi) is 2.79. The molecule has 0 radical (unpaired) electrons. The Hall–Kier alpha value is -0.540. The molecule has 76 valence electrons. The SMILES string of the molecule is CCC1C[C@@H](O)c2cc(Br)ccc2O1. The van der Waals surface area contributed by atoms with Gasteiger partial charge in [-0.3, -0.25) is 0 Å². The molecule has 0 fully saturated rings. The maximum Gasteiger partial charge on any atom is 0.125 e. The van der Waals surface area contributed by atoms with Gasteiger partial charge in [-0.25, -0.2) is 0 Å². The predicted octanol–water partition coefficient (Wildman–Crippen LogP) is 3.04. The second-order valence-corrected chi connectivity index (χ2v) is 4.50. The molecule has 1 heterocycles. The smallest absolute Gasteiger partial charge is 0.125 e. The number of hydrogen-bond donors (Lipinski definition) is 1. The topological polar surface area (TPSA) is 29.5 Å². The van der Waals surface area contributed by atoms with Crippen LogP contribution in [0.5, 0.6) is 5.75 Å². The van der Waals surface area contributed by atoms with Crippen molar-refractivity contribution in [2.75, 3.05) is 0 Å². The standard InChI is InChI=1S/C11H13BrO2/c1-2-8-6-10(13)9-5-7(12)3-4-11(9)14-8/h3-5,8,10,13H,2,6H2,1H3/t8?,10-/m1/s1. The minimum Gasteiger partial charge on any atom is -0.490 e. The Morgan fingerprint density at radius 2 is 2.36 bits per heavy atom. The molecule has 1 aromatic rings. The van der Waals surface area contributed by atoms with Gasteiger partial charge in [-0.05, 0) is 24.6 Å². The van der Waals surface area contributed by atoms with E-state index in [-0.39, 0.29) is 12.2 Å². The van der Waals surface area contributed by atoms with E-state index in [2.05, 4.69) is 22.9 Å². The van der Waals surface area contributed by atoms with Crippen LogP contribution in [0.1, 0.15) is 31.4 Å². The average molecular weight is 257 g/mol. The fourth-order valence-electron chi connectivity index (χ4n) is 1.74. The van der Waals surface area contributed by atoms with Gasteiger partial charge in [-0.1, -0.05) is 22.9 Å². The largest absolute Gasteiger partial charge is 0.490 e. The monoisotopic (exact) mass is 256 g/mol. The molecule has 0 spiro atoms. The Labute approximate surface area is 92.0 Å². The summed E-state index contributed by atoms with van der Waals surface area (Å²) in [6.07, 6.45) is 1.40. The summed E-state index contributed by atoms with van der Waals surface area (Å²) in [4.78, 5) is 0. The highest BCUT2D eigenvalue weighted by molar-refractivity contribution is 9.10. The molecule has 0 aromatic heterocycles. The lowest BCUT2D eigenvalue weighted by Crippen LogP contribution is -2.24. The number of halogens is 1. The van der Waals surface area contributed by atoms with Crippen molar-refractivity contribution in [2.24, 2.45) is 0 Å². The second-order valence-electron chi connectivity index (χ2n) is 3.58. The maximum atomic E-state index is 9.89. The fourth-order valence-corrected chi connectivity index (χ4v) is 2.12. The van der Waals surface area contributed by atoms with E-state index in [1.165, 1.54) is 0 Å². The highest BCUT2D eigenvalue weighted by Gasteiger charge is 2.25. The molecule has 1 unspecified atom stereocenters. The average Bonchev–Trinajstić information content (AvgIpc) is 2.19. The van der Waals surface area contributed by atoms with E-state index in [1.54, 1.807) is 0 Å². The molecule has 1 aliphatic heterocycles. The van der Waals surface area contributed by atoms with Crippen LogP contribution in [0.2, 0.25) is 0 Å². The van der Waals surface area contributed by atoms with Crippen molar-refractivity contribution in [2.45, 2.75) is 32.0 Å². The highest BCUT2D eigenvalue weighted by atomic mass is 79.9. The lowest BCUT2D eigenvalue weighted by molar-refractivity contribution is 0.0642. The molecule has 0 saturated heterocycles. The molecule has 0 bridgehead atoms. The molecular weight excluding hydrogens is 244 g/mol. The molecule has 2 rings (SSSR count). The van der Waals surface area contributed by atoms with E-state index in [1.807, 2.05) is 18.2 Å². The molecule has 0 saturated carbocycles. The normalized spacial score (nSPS) is 25.4. The minimum atomic E-state index is -0.388. The van der Waals surface area contributed by atoms with Crippen molar-refractivity contribution in [3.05, 3.63) is 28.2 Å². The highest BCUT2D eigenvalue weighted by Crippen LogP contribution is 2.36. The molecule has 2 atom stereocenters. The van der Waals surface area contributed by atoms with Gasteiger partial charge in [-0.15, -0.1) is 0 Å². The molecule has 0 aliphatic carbocycles. The summed E-state index contributed by atoms with van der Waals surface area (Å²) in [5.41, 5.74) is 0.893. The summed E-state index contributed by atoms with van der Waals surface area (Å²) in [6.45, 7) is 2.07. The first-order valence-electron chi connectivity index (χ1n) is 4.85. The summed E-state index contributed by atoms with van der Waals surface area (Å²) in [5, 5.41) is 9.89. The van der Waals surface area contributed by atoms with Crippen molar-refractivity contribution in [1.82, 2.24) is 0 Å². The van der Waals surface area contributed by atoms with Crippen molar-refractivity contribution in [3.63, 3.8) is 0 Å². The van der Waals surface area contributed by atoms with Crippen molar-refractivity contribution in [3.8, 4) is 5.75 Å². The van der Waals surface area contributed by atoms with E-state index in [4.69, 9.17) is 4.74 Å². The zero-order valence-electron chi connectivity index (χ0n) is 8.03. The van der Waals surface area contributed by atoms with Crippen molar-refractivity contribution >= 4 is 15.9 Å². The van der Waals surface area contributed by atoms with Crippen LogP contribution < -0.4 is 4.74 Å². The van der Waals surface area contributed by atoms with Gasteiger partial charge in [0.15, 0.2) is 0 Å². The first-order chi connectivity index (χ1) is 6.70. The van der Waals surface area contributed by atoms with E-state index >= 15 is 0 Å². The van der Waals surface area contributed by atoms with Crippen LogP contribution in [0, 0.1) is 0 Å². The Balaban J connectivity index is 2.35. The maximum absolute atomic E-state index is 9.89. The fraction of sp³-hybridized carbons (Fsp3) is 0.455. The van der Waals surface area contributed by atoms with Crippen LogP contribution in [0.3, 0.4) is 0 Å². The van der Waals surface area contributed by atoms with E-state index in [9.17, 15) is 5.11 Å². The summed E-state index contributed by atoms with van der Waals surface area (Å²) < 4.78 is 6.71. The summed E-state index contributed by atoms with van der Waals surface area (Å²) >= 11 is 3.38. The molecule has 1 N–H and O–H groups in total. The van der Waals surface area contributed by atoms with Gasteiger partial charge in [0.1, 0.15) is 11.9 Å². The minimum absolute atomic E-state index is 0.152. The van der Waals surface area contributed by atoms with Crippen LogP contribution in [-0.2, 0) is 0 Å². The molecule has 1 aliphatic rings. The number of hydrogen-bond acceptors (Lipinski definition) is 2. The van der Waals surface area contributed by atoms with Gasteiger partial charge in [0.2, 0.25) is 0 Å². The molecular formula is C11H13BrO2. The number of fused-ring (bicyclic) bond motifs is 1. The zero-order chi connectivity index (χ0) is 10.1. The van der Waals surface area contributed by atoms with Gasteiger partial charge in [0, 0.05) is 16.5 Å². The molecule has 0 amide bonds. The quantitative estimate of drug-likeness (QED) is 0.837. The molecule has 2 nitrogen and oxygen atoms in total. The third-order valence-corrected chi connectivity index (χ3v) is 3.06. The van der Waals surface area contributed by atoms with E-state index < -0.39 is 0 Å². The van der Waals surface area contributed by atoms with Crippen molar-refractivity contribution in [1.29, 1.82) is 0 Å². The van der Waals surface area contributed by atoms with Crippen LogP contribution in [0.15, 0.2) is 22.7 Å². The summed E-state index contributed by atoms with van der Waals surface area (Å²) in [7, 11) is 0. The van der Waals surface area contributed by atoms with Crippen LogP contribution in [0.25, 0.3) is 0 Å². The predicted molar refractivity (Wildman–Crippen MR) is 58.4 cm³/mol. The Morgan fingerprint density at radius 1 is 1.57 bits per heavy atom. The number of aliphatic hydroxyl groups excluding tert-OH is 1. The third kappa shape index (κ3) is 1.79. The summed E-state index contributed by atoms with van der Waals surface area (Å²) in [5.74, 6) is 0.818. The van der Waals surface area contributed by atoms with E-state index in [0.717, 1.165) is 22.2 Å². The van der Waals surface area contributed by atoms with Gasteiger partial charge in [-0.2, -0.15) is 0 Å². The van der Waals surface area contributed by atoms with E-state index in [0.29, 0.717) is 6.42 Å². The second kappa shape index (κ2) is 3.91. The number of benzene rings is 1. The first-order valence-corrected chi connectivity index (χ1v) is 5.64. The Bertz CT molecular complexity index is 338. The van der Waals surface area contributed by atoms with Gasteiger partial charge >= 0.3 is 0 Å². The number of aliphatic hydroxyl groups is 1. The first kappa shape index (κ1) is 9.99. The molecule has 3 heteroatoms. The zero-order valence-corrected chi connectivity index (χ0v) is 9.62. The van der Waals surface area contributed by atoms with Crippen LogP contribution in [0.4, 0.5) is 0 Å². The Morgan fingerprint density at radius 3 is 3.07 bits per heavy atom. The molecule has 1 aromatic carbocycles. The lowest BCUT2D eigenvalue weighted by Gasteiger charge is -2.29. The van der Waals surface area contributed by atoms with Gasteiger partial charge in [0.25, 0.3) is 0 Å². The van der Waals surface area contributed by atoms with Crippen molar-refractivity contribution < 1.29 is 9.84 Å². The molecule has 14 heavy (non-hydrogen) atoms. The van der Waals surface area contributed by atoms with Crippen LogP contribution >= 0.6 is 15.9 Å². The van der Waals surface area contributed by atoms with Gasteiger partial charge < -0.3 is 9.84 Å². The van der Waals surface area contributed by atoms with Crippen LogP contribution in [-0.4, -0.2) is 11.2 Å². The number of rotatable bonds is 1. The third-order valence-electron chi connectivity index (χ3n) is 2.57. The summed E-state index contributed by atoms with van der Waals surface area (Å²) in [6, 6.07) is 5.76. The number of ether oxygens (including phenoxy) is 1.